The lowest BCUT2D eigenvalue weighted by atomic mass is 9.71. The maximum Gasteiger partial charge on any atom is 0.313 e. The van der Waals surface area contributed by atoms with Gasteiger partial charge in [-0.05, 0) is 62.7 Å². The average Bonchev–Trinajstić information content (AvgIpc) is 2.38. The molecule has 0 aliphatic heterocycles. The molecule has 116 valence electrons. The average molecular weight is 281 g/mol. The fourth-order valence-corrected chi connectivity index (χ4v) is 4.05. The summed E-state index contributed by atoms with van der Waals surface area (Å²) in [6.07, 6.45) is 7.42. The Hall–Kier alpha value is -0.570. The van der Waals surface area contributed by atoms with Crippen molar-refractivity contribution in [3.05, 3.63) is 0 Å². The summed E-state index contributed by atoms with van der Waals surface area (Å²) in [6, 6.07) is 0. The molecule has 0 heterocycles. The Balaban J connectivity index is 1.95. The van der Waals surface area contributed by atoms with E-state index in [1.807, 2.05) is 0 Å². The number of nitrogens with two attached hydrogens (primary N) is 1. The first-order valence-electron chi connectivity index (χ1n) is 8.36. The van der Waals surface area contributed by atoms with Crippen molar-refractivity contribution in [1.29, 1.82) is 0 Å². The molecule has 3 heteroatoms. The summed E-state index contributed by atoms with van der Waals surface area (Å²) in [6.45, 7) is 7.22. The van der Waals surface area contributed by atoms with Crippen molar-refractivity contribution < 1.29 is 9.53 Å². The number of carbonyl (C=O) groups is 1. The molecule has 0 amide bonds. The molecule has 2 atom stereocenters. The summed E-state index contributed by atoms with van der Waals surface area (Å²) in [7, 11) is 0. The normalized spacial score (nSPS) is 42.2. The third-order valence-electron chi connectivity index (χ3n) is 5.46. The van der Waals surface area contributed by atoms with Crippen molar-refractivity contribution in [1.82, 2.24) is 0 Å². The van der Waals surface area contributed by atoms with E-state index in [0.29, 0.717) is 18.4 Å². The molecule has 0 aromatic heterocycles. The van der Waals surface area contributed by atoms with E-state index in [2.05, 4.69) is 20.8 Å². The molecular weight excluding hydrogens is 250 g/mol. The zero-order valence-corrected chi connectivity index (χ0v) is 13.4. The van der Waals surface area contributed by atoms with Crippen LogP contribution >= 0.6 is 0 Å². The van der Waals surface area contributed by atoms with Crippen LogP contribution in [-0.4, -0.2) is 18.6 Å². The van der Waals surface area contributed by atoms with Gasteiger partial charge in [0, 0.05) is 6.54 Å². The highest BCUT2D eigenvalue weighted by Crippen LogP contribution is 2.40. The van der Waals surface area contributed by atoms with Crippen molar-refractivity contribution in [2.24, 2.45) is 28.9 Å². The molecular formula is C17H31NO2. The summed E-state index contributed by atoms with van der Waals surface area (Å²) in [5.41, 5.74) is 5.55. The molecule has 0 spiro atoms. The predicted octanol–water partition coefficient (Wildman–Crippen LogP) is 3.51. The van der Waals surface area contributed by atoms with E-state index in [-0.39, 0.29) is 12.1 Å². The van der Waals surface area contributed by atoms with Gasteiger partial charge in [-0.3, -0.25) is 4.79 Å². The number of rotatable bonds is 3. The van der Waals surface area contributed by atoms with Crippen LogP contribution in [0.15, 0.2) is 0 Å². The maximum atomic E-state index is 12.6. The largest absolute Gasteiger partial charge is 0.462 e. The first kappa shape index (κ1) is 15.8. The van der Waals surface area contributed by atoms with Crippen LogP contribution in [0, 0.1) is 23.2 Å². The van der Waals surface area contributed by atoms with E-state index in [9.17, 15) is 4.79 Å². The van der Waals surface area contributed by atoms with E-state index in [0.717, 1.165) is 44.4 Å². The van der Waals surface area contributed by atoms with Gasteiger partial charge in [0.15, 0.2) is 0 Å². The van der Waals surface area contributed by atoms with E-state index in [1.54, 1.807) is 0 Å². The summed E-state index contributed by atoms with van der Waals surface area (Å²) < 4.78 is 5.88. The Bertz CT molecular complexity index is 324. The van der Waals surface area contributed by atoms with Crippen molar-refractivity contribution in [3.63, 3.8) is 0 Å². The minimum absolute atomic E-state index is 0.0156. The lowest BCUT2D eigenvalue weighted by Crippen LogP contribution is -2.44. The molecule has 2 fully saturated rings. The molecule has 2 unspecified atom stereocenters. The second-order valence-electron chi connectivity index (χ2n) is 7.61. The zero-order chi connectivity index (χ0) is 14.8. The number of esters is 1. The lowest BCUT2D eigenvalue weighted by Gasteiger charge is -2.39. The van der Waals surface area contributed by atoms with Gasteiger partial charge in [-0.1, -0.05) is 20.8 Å². The molecule has 2 aliphatic carbocycles. The van der Waals surface area contributed by atoms with E-state index in [1.165, 1.54) is 6.42 Å². The Labute approximate surface area is 123 Å². The quantitative estimate of drug-likeness (QED) is 0.805. The molecule has 2 rings (SSSR count). The van der Waals surface area contributed by atoms with E-state index >= 15 is 0 Å². The van der Waals surface area contributed by atoms with Crippen molar-refractivity contribution in [2.45, 2.75) is 71.8 Å². The van der Waals surface area contributed by atoms with Crippen LogP contribution in [0.4, 0.5) is 0 Å². The van der Waals surface area contributed by atoms with Gasteiger partial charge in [-0.15, -0.1) is 0 Å². The number of hydrogen-bond acceptors (Lipinski definition) is 3. The molecule has 0 radical (unpaired) electrons. The Morgan fingerprint density at radius 3 is 2.10 bits per heavy atom. The second kappa shape index (κ2) is 6.46. The minimum Gasteiger partial charge on any atom is -0.462 e. The number of hydrogen-bond donors (Lipinski definition) is 1. The van der Waals surface area contributed by atoms with Crippen LogP contribution in [0.2, 0.25) is 0 Å². The topological polar surface area (TPSA) is 52.3 Å². The van der Waals surface area contributed by atoms with Crippen LogP contribution in [0.5, 0.6) is 0 Å². The highest BCUT2D eigenvalue weighted by atomic mass is 16.5. The van der Waals surface area contributed by atoms with E-state index < -0.39 is 5.41 Å². The van der Waals surface area contributed by atoms with Gasteiger partial charge in [-0.25, -0.2) is 0 Å². The Morgan fingerprint density at radius 2 is 1.60 bits per heavy atom. The van der Waals surface area contributed by atoms with Gasteiger partial charge in [-0.2, -0.15) is 0 Å². The lowest BCUT2D eigenvalue weighted by molar-refractivity contribution is -0.166. The standard InChI is InChI=1S/C17H31NO2/c1-12-4-6-17(11-18,7-5-12)16(19)20-15-9-13(2)8-14(3)10-15/h12-15H,4-11,18H2,1-3H3. The molecule has 20 heavy (non-hydrogen) atoms. The van der Waals surface area contributed by atoms with Crippen LogP contribution < -0.4 is 5.73 Å². The highest BCUT2D eigenvalue weighted by Gasteiger charge is 2.42. The second-order valence-corrected chi connectivity index (χ2v) is 7.61. The highest BCUT2D eigenvalue weighted by molar-refractivity contribution is 5.77. The minimum atomic E-state index is -0.392. The summed E-state index contributed by atoms with van der Waals surface area (Å²) in [5, 5.41) is 0. The van der Waals surface area contributed by atoms with Gasteiger partial charge in [0.1, 0.15) is 6.10 Å². The summed E-state index contributed by atoms with van der Waals surface area (Å²) in [5.74, 6) is 2.03. The van der Waals surface area contributed by atoms with Crippen molar-refractivity contribution in [3.8, 4) is 0 Å². The van der Waals surface area contributed by atoms with Gasteiger partial charge in [0.05, 0.1) is 5.41 Å². The van der Waals surface area contributed by atoms with Gasteiger partial charge >= 0.3 is 5.97 Å². The Kier molecular flexibility index (Phi) is 5.11. The van der Waals surface area contributed by atoms with Crippen LogP contribution in [0.1, 0.15) is 65.7 Å². The monoisotopic (exact) mass is 281 g/mol. The van der Waals surface area contributed by atoms with Gasteiger partial charge < -0.3 is 10.5 Å². The molecule has 3 nitrogen and oxygen atoms in total. The molecule has 2 N–H and O–H groups in total. The van der Waals surface area contributed by atoms with Crippen LogP contribution in [0.25, 0.3) is 0 Å². The van der Waals surface area contributed by atoms with Crippen LogP contribution in [-0.2, 0) is 9.53 Å². The fraction of sp³-hybridized carbons (Fsp3) is 0.941. The summed E-state index contributed by atoms with van der Waals surface area (Å²) in [4.78, 5) is 12.6. The van der Waals surface area contributed by atoms with Gasteiger partial charge in [0.2, 0.25) is 0 Å². The zero-order valence-electron chi connectivity index (χ0n) is 13.4. The first-order valence-corrected chi connectivity index (χ1v) is 8.36. The predicted molar refractivity (Wildman–Crippen MR) is 81.2 cm³/mol. The SMILES string of the molecule is CC1CCC(CN)(C(=O)OC2CC(C)CC(C)C2)CC1. The van der Waals surface area contributed by atoms with Crippen molar-refractivity contribution >= 4 is 5.97 Å². The van der Waals surface area contributed by atoms with Crippen molar-refractivity contribution in [2.75, 3.05) is 6.54 Å². The number of carbonyl (C=O) groups excluding carboxylic acids is 1. The molecule has 0 bridgehead atoms. The molecule has 2 aliphatic rings. The smallest absolute Gasteiger partial charge is 0.313 e. The first-order chi connectivity index (χ1) is 9.45. The molecule has 0 aromatic carbocycles. The molecule has 2 saturated carbocycles. The number of ether oxygens (including phenoxy) is 1. The molecule has 0 saturated heterocycles. The fourth-order valence-electron chi connectivity index (χ4n) is 4.05. The third kappa shape index (κ3) is 3.55. The maximum absolute atomic E-state index is 12.6. The summed E-state index contributed by atoms with van der Waals surface area (Å²) >= 11 is 0. The Morgan fingerprint density at radius 1 is 1.05 bits per heavy atom. The van der Waals surface area contributed by atoms with E-state index in [4.69, 9.17) is 10.5 Å². The van der Waals surface area contributed by atoms with Crippen LogP contribution in [0.3, 0.4) is 0 Å². The molecule has 0 aromatic rings. The van der Waals surface area contributed by atoms with Gasteiger partial charge in [0.25, 0.3) is 0 Å². The third-order valence-corrected chi connectivity index (χ3v) is 5.46.